The van der Waals surface area contributed by atoms with E-state index in [0.29, 0.717) is 27.7 Å². The molecule has 16 heavy (non-hydrogen) atoms. The third kappa shape index (κ3) is 3.81. The first-order valence-corrected chi connectivity index (χ1v) is 6.55. The highest BCUT2D eigenvalue weighted by atomic mass is 35.5. The van der Waals surface area contributed by atoms with Crippen LogP contribution in [0.2, 0.25) is 15.1 Å². The number of halogens is 3. The molecule has 0 bridgehead atoms. The van der Waals surface area contributed by atoms with Crippen LogP contribution in [0, 0.1) is 0 Å². The topological polar surface area (TPSA) is 12.0 Å². The maximum absolute atomic E-state index is 6.10. The fourth-order valence-electron chi connectivity index (χ4n) is 1.54. The van der Waals surface area contributed by atoms with Gasteiger partial charge in [0.05, 0.1) is 10.0 Å². The monoisotopic (exact) mass is 279 g/mol. The van der Waals surface area contributed by atoms with Crippen LogP contribution in [-0.2, 0) is 6.54 Å². The number of benzene rings is 1. The van der Waals surface area contributed by atoms with Crippen molar-refractivity contribution in [2.24, 2.45) is 0 Å². The molecule has 4 heteroatoms. The molecule has 1 nitrogen and oxygen atoms in total. The van der Waals surface area contributed by atoms with Crippen LogP contribution in [0.1, 0.15) is 32.3 Å². The third-order valence-corrected chi connectivity index (χ3v) is 3.69. The minimum Gasteiger partial charge on any atom is -0.310 e. The average Bonchev–Trinajstić information content (AvgIpc) is 2.24. The second kappa shape index (κ2) is 6.70. The first-order chi connectivity index (χ1) is 7.56. The summed E-state index contributed by atoms with van der Waals surface area (Å²) in [6, 6.07) is 3.94. The van der Waals surface area contributed by atoms with Crippen LogP contribution in [0.5, 0.6) is 0 Å². The van der Waals surface area contributed by atoms with E-state index in [-0.39, 0.29) is 0 Å². The van der Waals surface area contributed by atoms with Crippen molar-refractivity contribution in [2.45, 2.75) is 39.3 Å². The van der Waals surface area contributed by atoms with E-state index in [9.17, 15) is 0 Å². The van der Waals surface area contributed by atoms with Crippen LogP contribution in [0.25, 0.3) is 0 Å². The zero-order valence-corrected chi connectivity index (χ0v) is 11.8. The van der Waals surface area contributed by atoms with Crippen molar-refractivity contribution in [3.8, 4) is 0 Å². The molecule has 0 fully saturated rings. The van der Waals surface area contributed by atoms with E-state index in [4.69, 9.17) is 34.8 Å². The predicted molar refractivity (Wildman–Crippen MR) is 72.7 cm³/mol. The summed E-state index contributed by atoms with van der Waals surface area (Å²) in [4.78, 5) is 0. The Morgan fingerprint density at radius 3 is 2.44 bits per heavy atom. The molecule has 0 saturated carbocycles. The third-order valence-electron chi connectivity index (χ3n) is 2.49. The zero-order chi connectivity index (χ0) is 12.1. The summed E-state index contributed by atoms with van der Waals surface area (Å²) < 4.78 is 0. The largest absolute Gasteiger partial charge is 0.310 e. The minimum absolute atomic E-state index is 0.455. The number of rotatable bonds is 5. The molecule has 90 valence electrons. The molecule has 0 amide bonds. The van der Waals surface area contributed by atoms with Crippen LogP contribution in [0.3, 0.4) is 0 Å². The summed E-state index contributed by atoms with van der Waals surface area (Å²) in [5.41, 5.74) is 0.874. The molecule has 0 aliphatic carbocycles. The molecule has 0 aliphatic rings. The van der Waals surface area contributed by atoms with Gasteiger partial charge >= 0.3 is 0 Å². The lowest BCUT2D eigenvalue weighted by Gasteiger charge is -2.14. The van der Waals surface area contributed by atoms with Gasteiger partial charge in [0.25, 0.3) is 0 Å². The smallest absolute Gasteiger partial charge is 0.0652 e. The SMILES string of the molecule is CCCC(C)NCc1c(Cl)ccc(Cl)c1Cl. The minimum atomic E-state index is 0.455. The standard InChI is InChI=1S/C12H16Cl3N/c1-3-4-8(2)16-7-9-10(13)5-6-11(14)12(9)15/h5-6,8,16H,3-4,7H2,1-2H3. The Hall–Kier alpha value is 0.0500. The average molecular weight is 281 g/mol. The number of nitrogens with one attached hydrogen (secondary N) is 1. The molecule has 0 aliphatic heterocycles. The molecule has 1 rings (SSSR count). The first-order valence-electron chi connectivity index (χ1n) is 5.42. The van der Waals surface area contributed by atoms with Gasteiger partial charge in [-0.15, -0.1) is 0 Å². The zero-order valence-electron chi connectivity index (χ0n) is 9.49. The summed E-state index contributed by atoms with van der Waals surface area (Å²) in [5, 5.41) is 5.13. The van der Waals surface area contributed by atoms with Crippen molar-refractivity contribution < 1.29 is 0 Å². The van der Waals surface area contributed by atoms with Gasteiger partial charge in [-0.3, -0.25) is 0 Å². The summed E-state index contributed by atoms with van der Waals surface area (Å²) in [6.07, 6.45) is 2.29. The second-order valence-electron chi connectivity index (χ2n) is 3.89. The summed E-state index contributed by atoms with van der Waals surface area (Å²) in [6.45, 7) is 4.97. The van der Waals surface area contributed by atoms with Gasteiger partial charge in [0.2, 0.25) is 0 Å². The molecule has 0 spiro atoms. The van der Waals surface area contributed by atoms with Crippen LogP contribution >= 0.6 is 34.8 Å². The molecule has 0 radical (unpaired) electrons. The van der Waals surface area contributed by atoms with Crippen molar-refractivity contribution in [3.05, 3.63) is 32.8 Å². The predicted octanol–water partition coefficient (Wildman–Crippen LogP) is 4.93. The Morgan fingerprint density at radius 1 is 1.19 bits per heavy atom. The lowest BCUT2D eigenvalue weighted by molar-refractivity contribution is 0.508. The van der Waals surface area contributed by atoms with Crippen LogP contribution in [-0.4, -0.2) is 6.04 Å². The Morgan fingerprint density at radius 2 is 1.81 bits per heavy atom. The van der Waals surface area contributed by atoms with E-state index < -0.39 is 0 Å². The molecule has 1 unspecified atom stereocenters. The molecule has 1 aromatic carbocycles. The Kier molecular flexibility index (Phi) is 5.91. The van der Waals surface area contributed by atoms with Gasteiger partial charge in [-0.25, -0.2) is 0 Å². The molecular formula is C12H16Cl3N. The molecular weight excluding hydrogens is 264 g/mol. The normalized spacial score (nSPS) is 12.8. The Balaban J connectivity index is 2.70. The van der Waals surface area contributed by atoms with Gasteiger partial charge in [-0.2, -0.15) is 0 Å². The molecule has 0 saturated heterocycles. The summed E-state index contributed by atoms with van der Waals surface area (Å²) in [5.74, 6) is 0. The van der Waals surface area contributed by atoms with Crippen molar-refractivity contribution in [3.63, 3.8) is 0 Å². The molecule has 1 atom stereocenters. The van der Waals surface area contributed by atoms with E-state index in [1.165, 1.54) is 0 Å². The Bertz CT molecular complexity index is 352. The number of hydrogen-bond donors (Lipinski definition) is 1. The highest BCUT2D eigenvalue weighted by Gasteiger charge is 2.10. The molecule has 0 heterocycles. The fourth-order valence-corrected chi connectivity index (χ4v) is 2.22. The quantitative estimate of drug-likeness (QED) is 0.755. The highest BCUT2D eigenvalue weighted by molar-refractivity contribution is 6.44. The fraction of sp³-hybridized carbons (Fsp3) is 0.500. The highest BCUT2D eigenvalue weighted by Crippen LogP contribution is 2.31. The van der Waals surface area contributed by atoms with E-state index in [0.717, 1.165) is 18.4 Å². The lowest BCUT2D eigenvalue weighted by Crippen LogP contribution is -2.25. The van der Waals surface area contributed by atoms with Gasteiger partial charge in [0, 0.05) is 23.2 Å². The van der Waals surface area contributed by atoms with E-state index in [1.54, 1.807) is 12.1 Å². The van der Waals surface area contributed by atoms with Gasteiger partial charge in [-0.05, 0) is 25.5 Å². The van der Waals surface area contributed by atoms with Crippen molar-refractivity contribution in [1.29, 1.82) is 0 Å². The van der Waals surface area contributed by atoms with Gasteiger partial charge in [-0.1, -0.05) is 48.1 Å². The van der Waals surface area contributed by atoms with E-state index >= 15 is 0 Å². The van der Waals surface area contributed by atoms with Crippen LogP contribution in [0.15, 0.2) is 12.1 Å². The summed E-state index contributed by atoms with van der Waals surface area (Å²) >= 11 is 18.1. The van der Waals surface area contributed by atoms with Crippen LogP contribution in [0.4, 0.5) is 0 Å². The van der Waals surface area contributed by atoms with Crippen LogP contribution < -0.4 is 5.32 Å². The van der Waals surface area contributed by atoms with Gasteiger partial charge in [0.15, 0.2) is 0 Å². The van der Waals surface area contributed by atoms with E-state index in [2.05, 4.69) is 19.2 Å². The van der Waals surface area contributed by atoms with Crippen molar-refractivity contribution in [2.75, 3.05) is 0 Å². The maximum atomic E-state index is 6.10. The maximum Gasteiger partial charge on any atom is 0.0652 e. The molecule has 1 N–H and O–H groups in total. The van der Waals surface area contributed by atoms with Crippen molar-refractivity contribution in [1.82, 2.24) is 5.32 Å². The molecule has 0 aromatic heterocycles. The lowest BCUT2D eigenvalue weighted by atomic mass is 10.1. The number of hydrogen-bond acceptors (Lipinski definition) is 1. The van der Waals surface area contributed by atoms with E-state index in [1.807, 2.05) is 0 Å². The first kappa shape index (κ1) is 14.1. The van der Waals surface area contributed by atoms with Gasteiger partial charge in [0.1, 0.15) is 0 Å². The second-order valence-corrected chi connectivity index (χ2v) is 5.08. The Labute approximate surface area is 112 Å². The summed E-state index contributed by atoms with van der Waals surface area (Å²) in [7, 11) is 0. The van der Waals surface area contributed by atoms with Crippen molar-refractivity contribution >= 4 is 34.8 Å². The molecule has 1 aromatic rings. The van der Waals surface area contributed by atoms with Gasteiger partial charge < -0.3 is 5.32 Å².